The molecule has 1 N–H and O–H groups in total. The van der Waals surface area contributed by atoms with Gasteiger partial charge in [0.2, 0.25) is 0 Å². The molecule has 1 aliphatic heterocycles. The highest BCUT2D eigenvalue weighted by Crippen LogP contribution is 2.44. The Hall–Kier alpha value is -4.76. The van der Waals surface area contributed by atoms with Crippen LogP contribution in [0.3, 0.4) is 0 Å². The number of anilines is 1. The second kappa shape index (κ2) is 11.2. The van der Waals surface area contributed by atoms with Gasteiger partial charge in [-0.2, -0.15) is 0 Å². The van der Waals surface area contributed by atoms with Crippen molar-refractivity contribution < 1.29 is 29.0 Å². The van der Waals surface area contributed by atoms with Gasteiger partial charge in [0.1, 0.15) is 23.9 Å². The zero-order chi connectivity index (χ0) is 28.4. The monoisotopic (exact) mass is 554 g/mol. The summed E-state index contributed by atoms with van der Waals surface area (Å²) in [6.07, 6.45) is 0. The van der Waals surface area contributed by atoms with E-state index in [1.54, 1.807) is 55.5 Å². The molecule has 202 valence electrons. The maximum atomic E-state index is 13.4. The number of aromatic nitrogens is 1. The SMILES string of the molecule is COc1ccc(C(O)=C2C(=O)C(=O)N(c3nc(C)c(C(C)=O)s3)[C@H]2c2ccc(OCc3ccccc3)cc2)cc1. The highest BCUT2D eigenvalue weighted by Gasteiger charge is 2.48. The molecule has 1 aromatic heterocycles. The third-order valence-electron chi connectivity index (χ3n) is 6.56. The second-order valence-corrected chi connectivity index (χ2v) is 10.2. The number of amides is 1. The minimum absolute atomic E-state index is 0.0784. The second-order valence-electron chi connectivity index (χ2n) is 9.21. The van der Waals surface area contributed by atoms with Gasteiger partial charge in [-0.25, -0.2) is 4.98 Å². The average Bonchev–Trinajstić information content (AvgIpc) is 3.49. The first-order valence-electron chi connectivity index (χ1n) is 12.5. The standard InChI is InChI=1S/C31H26N2O6S/c1-18-29(19(2)34)40-31(32-18)33-26(21-9-15-24(16-10-21)39-17-20-7-5-4-6-8-20)25(28(36)30(33)37)27(35)22-11-13-23(38-3)14-12-22/h4-16,26,35H,17H2,1-3H3/t26-/m0/s1. The fourth-order valence-electron chi connectivity index (χ4n) is 4.55. The number of ketones is 2. The predicted octanol–water partition coefficient (Wildman–Crippen LogP) is 5.87. The molecule has 2 heterocycles. The molecule has 0 unspecified atom stereocenters. The van der Waals surface area contributed by atoms with E-state index in [-0.39, 0.29) is 22.2 Å². The van der Waals surface area contributed by atoms with E-state index in [2.05, 4.69) is 4.98 Å². The molecule has 3 aromatic carbocycles. The number of ether oxygens (including phenoxy) is 2. The number of benzene rings is 3. The number of thiazole rings is 1. The summed E-state index contributed by atoms with van der Waals surface area (Å²) < 4.78 is 11.1. The first-order chi connectivity index (χ1) is 19.3. The number of hydrogen-bond donors (Lipinski definition) is 1. The van der Waals surface area contributed by atoms with Gasteiger partial charge in [0.15, 0.2) is 10.9 Å². The van der Waals surface area contributed by atoms with Crippen LogP contribution < -0.4 is 14.4 Å². The molecular formula is C31H26N2O6S. The van der Waals surface area contributed by atoms with Crippen LogP contribution in [0.1, 0.15) is 45.0 Å². The van der Waals surface area contributed by atoms with Crippen LogP contribution >= 0.6 is 11.3 Å². The maximum absolute atomic E-state index is 13.4. The van der Waals surface area contributed by atoms with Crippen molar-refractivity contribution >= 4 is 39.7 Å². The predicted molar refractivity (Wildman–Crippen MR) is 152 cm³/mol. The molecular weight excluding hydrogens is 528 g/mol. The van der Waals surface area contributed by atoms with Gasteiger partial charge in [-0.3, -0.25) is 19.3 Å². The topological polar surface area (TPSA) is 106 Å². The summed E-state index contributed by atoms with van der Waals surface area (Å²) in [5, 5.41) is 11.5. The summed E-state index contributed by atoms with van der Waals surface area (Å²) in [7, 11) is 1.53. The van der Waals surface area contributed by atoms with Crippen molar-refractivity contribution in [2.75, 3.05) is 12.0 Å². The zero-order valence-electron chi connectivity index (χ0n) is 22.1. The number of nitrogens with zero attached hydrogens (tertiary/aromatic N) is 2. The largest absolute Gasteiger partial charge is 0.507 e. The van der Waals surface area contributed by atoms with Crippen molar-refractivity contribution in [2.45, 2.75) is 26.5 Å². The summed E-state index contributed by atoms with van der Waals surface area (Å²) in [5.41, 5.74) is 2.32. The van der Waals surface area contributed by atoms with Gasteiger partial charge in [-0.1, -0.05) is 53.8 Å². The molecule has 1 saturated heterocycles. The van der Waals surface area contributed by atoms with E-state index in [0.717, 1.165) is 16.9 Å². The number of aliphatic hydroxyl groups excluding tert-OH is 1. The molecule has 0 saturated carbocycles. The van der Waals surface area contributed by atoms with Gasteiger partial charge in [-0.05, 0) is 54.4 Å². The Morgan fingerprint density at radius 3 is 2.23 bits per heavy atom. The molecule has 0 bridgehead atoms. The van der Waals surface area contributed by atoms with Gasteiger partial charge in [0.25, 0.3) is 5.78 Å². The van der Waals surface area contributed by atoms with E-state index in [4.69, 9.17) is 9.47 Å². The molecule has 1 amide bonds. The van der Waals surface area contributed by atoms with Gasteiger partial charge in [0, 0.05) is 12.5 Å². The zero-order valence-corrected chi connectivity index (χ0v) is 22.9. The number of aryl methyl sites for hydroxylation is 1. The molecule has 1 fully saturated rings. The number of methoxy groups -OCH3 is 1. The van der Waals surface area contributed by atoms with Crippen LogP contribution in [-0.4, -0.2) is 34.7 Å². The van der Waals surface area contributed by atoms with Crippen LogP contribution in [0.4, 0.5) is 5.13 Å². The lowest BCUT2D eigenvalue weighted by molar-refractivity contribution is -0.132. The van der Waals surface area contributed by atoms with Crippen LogP contribution in [0.5, 0.6) is 11.5 Å². The number of rotatable bonds is 8. The minimum Gasteiger partial charge on any atom is -0.507 e. The molecule has 0 radical (unpaired) electrons. The number of Topliss-reactive ketones (excluding diaryl/α,β-unsaturated/α-hetero) is 2. The molecule has 4 aromatic rings. The van der Waals surface area contributed by atoms with Crippen molar-refractivity contribution in [3.8, 4) is 11.5 Å². The number of aliphatic hydroxyl groups is 1. The van der Waals surface area contributed by atoms with Crippen LogP contribution in [0.15, 0.2) is 84.4 Å². The summed E-state index contributed by atoms with van der Waals surface area (Å²) in [6.45, 7) is 3.48. The number of carbonyl (C=O) groups is 3. The van der Waals surface area contributed by atoms with Crippen molar-refractivity contribution in [3.05, 3.63) is 112 Å². The van der Waals surface area contributed by atoms with E-state index < -0.39 is 17.7 Å². The highest BCUT2D eigenvalue weighted by atomic mass is 32.1. The Bertz CT molecular complexity index is 1610. The van der Waals surface area contributed by atoms with Crippen molar-refractivity contribution in [1.29, 1.82) is 0 Å². The lowest BCUT2D eigenvalue weighted by atomic mass is 9.95. The maximum Gasteiger partial charge on any atom is 0.301 e. The molecule has 40 heavy (non-hydrogen) atoms. The van der Waals surface area contributed by atoms with E-state index in [1.807, 2.05) is 30.3 Å². The fourth-order valence-corrected chi connectivity index (χ4v) is 5.54. The van der Waals surface area contributed by atoms with Gasteiger partial charge >= 0.3 is 5.91 Å². The molecule has 9 heteroatoms. The quantitative estimate of drug-likeness (QED) is 0.126. The molecule has 1 aliphatic rings. The Kier molecular flexibility index (Phi) is 7.48. The van der Waals surface area contributed by atoms with Crippen molar-refractivity contribution in [2.24, 2.45) is 0 Å². The fraction of sp³-hybridized carbons (Fsp3) is 0.161. The lowest BCUT2D eigenvalue weighted by Gasteiger charge is -2.23. The summed E-state index contributed by atoms with van der Waals surface area (Å²) >= 11 is 1.04. The lowest BCUT2D eigenvalue weighted by Crippen LogP contribution is -2.29. The number of carbonyl (C=O) groups excluding carboxylic acids is 3. The van der Waals surface area contributed by atoms with Crippen molar-refractivity contribution in [1.82, 2.24) is 4.98 Å². The Morgan fingerprint density at radius 1 is 0.975 bits per heavy atom. The third-order valence-corrected chi connectivity index (χ3v) is 7.82. The smallest absolute Gasteiger partial charge is 0.301 e. The average molecular weight is 555 g/mol. The Labute approximate surface area is 235 Å². The van der Waals surface area contributed by atoms with Gasteiger partial charge in [0.05, 0.1) is 29.3 Å². The Morgan fingerprint density at radius 2 is 1.62 bits per heavy atom. The van der Waals surface area contributed by atoms with Gasteiger partial charge < -0.3 is 14.6 Å². The normalized spacial score (nSPS) is 16.3. The summed E-state index contributed by atoms with van der Waals surface area (Å²) in [6, 6.07) is 22.3. The first-order valence-corrected chi connectivity index (χ1v) is 13.3. The van der Waals surface area contributed by atoms with Crippen LogP contribution in [0.25, 0.3) is 5.76 Å². The molecule has 8 nitrogen and oxygen atoms in total. The highest BCUT2D eigenvalue weighted by molar-refractivity contribution is 7.18. The van der Waals surface area contributed by atoms with E-state index >= 15 is 0 Å². The Balaban J connectivity index is 1.57. The van der Waals surface area contributed by atoms with Crippen LogP contribution in [0.2, 0.25) is 0 Å². The molecule has 0 aliphatic carbocycles. The summed E-state index contributed by atoms with van der Waals surface area (Å²) in [4.78, 5) is 45.1. The molecule has 0 spiro atoms. The number of hydrogen-bond acceptors (Lipinski definition) is 8. The van der Waals surface area contributed by atoms with Crippen LogP contribution in [-0.2, 0) is 16.2 Å². The minimum atomic E-state index is -0.976. The summed E-state index contributed by atoms with van der Waals surface area (Å²) in [5.74, 6) is -1.02. The molecule has 5 rings (SSSR count). The first kappa shape index (κ1) is 26.8. The third kappa shape index (κ3) is 5.11. The van der Waals surface area contributed by atoms with E-state index in [0.29, 0.717) is 39.8 Å². The van der Waals surface area contributed by atoms with E-state index in [9.17, 15) is 19.5 Å². The van der Waals surface area contributed by atoms with Crippen LogP contribution in [0, 0.1) is 6.92 Å². The van der Waals surface area contributed by atoms with Gasteiger partial charge in [-0.15, -0.1) is 0 Å². The molecule has 1 atom stereocenters. The van der Waals surface area contributed by atoms with E-state index in [1.165, 1.54) is 18.9 Å². The van der Waals surface area contributed by atoms with Crippen molar-refractivity contribution in [3.63, 3.8) is 0 Å².